The number of ether oxygens (including phenoxy) is 3. The zero-order chi connectivity index (χ0) is 18.4. The minimum Gasteiger partial charge on any atom is -0.497 e. The lowest BCUT2D eigenvalue weighted by Gasteiger charge is -2.08. The Labute approximate surface area is 151 Å². The molecule has 0 fully saturated rings. The van der Waals surface area contributed by atoms with Crippen molar-refractivity contribution in [1.29, 1.82) is 0 Å². The van der Waals surface area contributed by atoms with Gasteiger partial charge in [0.1, 0.15) is 11.5 Å². The second kappa shape index (κ2) is 8.34. The van der Waals surface area contributed by atoms with Crippen molar-refractivity contribution in [3.05, 3.63) is 30.6 Å². The van der Waals surface area contributed by atoms with Gasteiger partial charge in [-0.15, -0.1) is 5.10 Å². The lowest BCUT2D eigenvalue weighted by molar-refractivity contribution is 0.198. The van der Waals surface area contributed by atoms with E-state index in [1.807, 2.05) is 12.1 Å². The first-order chi connectivity index (χ1) is 12.7. The Kier molecular flexibility index (Phi) is 5.69. The summed E-state index contributed by atoms with van der Waals surface area (Å²) in [7, 11) is 4.90. The average Bonchev–Trinajstić information content (AvgIpc) is 3.08. The predicted octanol–water partition coefficient (Wildman–Crippen LogP) is 2.33. The Balaban J connectivity index is 1.81. The van der Waals surface area contributed by atoms with Crippen LogP contribution in [-0.2, 0) is 4.74 Å². The van der Waals surface area contributed by atoms with Gasteiger partial charge in [0.15, 0.2) is 11.5 Å². The van der Waals surface area contributed by atoms with E-state index in [-0.39, 0.29) is 0 Å². The monoisotopic (exact) mass is 358 g/mol. The van der Waals surface area contributed by atoms with Crippen molar-refractivity contribution >= 4 is 23.1 Å². The Morgan fingerprint density at radius 3 is 2.54 bits per heavy atom. The number of hydrogen-bond donors (Lipinski definition) is 2. The highest BCUT2D eigenvalue weighted by Crippen LogP contribution is 2.27. The van der Waals surface area contributed by atoms with E-state index in [2.05, 4.69) is 25.7 Å². The number of fused-ring (bicyclic) bond motifs is 1. The van der Waals surface area contributed by atoms with Gasteiger partial charge in [-0.05, 0) is 6.42 Å². The summed E-state index contributed by atoms with van der Waals surface area (Å²) in [6, 6.07) is 5.49. The standard InChI is InChI=1S/C17H22N6O3/c1-24-8-4-5-18-15-16-21-17(22-23(16)7-6-19-15)20-12-9-13(25-2)11-14(10-12)26-3/h6-7,9-11H,4-5,8H2,1-3H3,(H,18,19)(H,20,22). The van der Waals surface area contributed by atoms with E-state index in [0.717, 1.165) is 18.7 Å². The normalized spacial score (nSPS) is 10.7. The van der Waals surface area contributed by atoms with Gasteiger partial charge in [0, 0.05) is 56.5 Å². The summed E-state index contributed by atoms with van der Waals surface area (Å²) >= 11 is 0. The quantitative estimate of drug-likeness (QED) is 0.563. The molecular formula is C17H22N6O3. The molecule has 2 heterocycles. The van der Waals surface area contributed by atoms with Gasteiger partial charge in [0.2, 0.25) is 5.95 Å². The number of aromatic nitrogens is 4. The van der Waals surface area contributed by atoms with Gasteiger partial charge in [0.05, 0.1) is 14.2 Å². The van der Waals surface area contributed by atoms with Crippen LogP contribution < -0.4 is 20.1 Å². The van der Waals surface area contributed by atoms with Crippen LogP contribution in [0.1, 0.15) is 6.42 Å². The molecule has 9 nitrogen and oxygen atoms in total. The van der Waals surface area contributed by atoms with Crippen LogP contribution in [0.3, 0.4) is 0 Å². The van der Waals surface area contributed by atoms with E-state index >= 15 is 0 Å². The molecule has 0 aliphatic rings. The number of methoxy groups -OCH3 is 3. The maximum atomic E-state index is 5.28. The molecular weight excluding hydrogens is 336 g/mol. The van der Waals surface area contributed by atoms with Crippen LogP contribution in [-0.4, -0.2) is 54.1 Å². The molecule has 0 radical (unpaired) electrons. The third-order valence-corrected chi connectivity index (χ3v) is 3.68. The maximum Gasteiger partial charge on any atom is 0.247 e. The summed E-state index contributed by atoms with van der Waals surface area (Å²) in [6.45, 7) is 1.43. The molecule has 3 rings (SSSR count). The van der Waals surface area contributed by atoms with Crippen molar-refractivity contribution in [3.8, 4) is 11.5 Å². The fourth-order valence-electron chi connectivity index (χ4n) is 2.43. The molecule has 0 aliphatic carbocycles. The zero-order valence-electron chi connectivity index (χ0n) is 15.0. The molecule has 9 heteroatoms. The van der Waals surface area contributed by atoms with Crippen molar-refractivity contribution in [1.82, 2.24) is 19.6 Å². The number of anilines is 3. The molecule has 3 aromatic rings. The van der Waals surface area contributed by atoms with Crippen molar-refractivity contribution in [3.63, 3.8) is 0 Å². The van der Waals surface area contributed by atoms with Gasteiger partial charge in [-0.3, -0.25) is 0 Å². The van der Waals surface area contributed by atoms with E-state index in [1.54, 1.807) is 44.3 Å². The fraction of sp³-hybridized carbons (Fsp3) is 0.353. The third-order valence-electron chi connectivity index (χ3n) is 3.68. The van der Waals surface area contributed by atoms with E-state index in [9.17, 15) is 0 Å². The second-order valence-corrected chi connectivity index (χ2v) is 5.48. The molecule has 0 aliphatic heterocycles. The van der Waals surface area contributed by atoms with Gasteiger partial charge in [-0.1, -0.05) is 0 Å². The van der Waals surface area contributed by atoms with E-state index in [4.69, 9.17) is 14.2 Å². The number of rotatable bonds is 9. The molecule has 0 unspecified atom stereocenters. The minimum atomic E-state index is 0.452. The van der Waals surface area contributed by atoms with Gasteiger partial charge in [0.25, 0.3) is 0 Å². The first kappa shape index (κ1) is 17.7. The molecule has 0 bridgehead atoms. The van der Waals surface area contributed by atoms with Crippen LogP contribution in [0, 0.1) is 0 Å². The van der Waals surface area contributed by atoms with Crippen LogP contribution in [0.4, 0.5) is 17.5 Å². The molecule has 0 amide bonds. The molecule has 1 aromatic carbocycles. The number of benzene rings is 1. The average molecular weight is 358 g/mol. The summed E-state index contributed by atoms with van der Waals surface area (Å²) < 4.78 is 17.3. The highest BCUT2D eigenvalue weighted by Gasteiger charge is 2.10. The topological polar surface area (TPSA) is 94.8 Å². The van der Waals surface area contributed by atoms with E-state index < -0.39 is 0 Å². The number of hydrogen-bond acceptors (Lipinski definition) is 8. The summed E-state index contributed by atoms with van der Waals surface area (Å²) in [5.74, 6) is 2.48. The molecule has 0 saturated heterocycles. The zero-order valence-corrected chi connectivity index (χ0v) is 15.0. The Hall–Kier alpha value is -3.07. The fourth-order valence-corrected chi connectivity index (χ4v) is 2.43. The predicted molar refractivity (Wildman–Crippen MR) is 98.6 cm³/mol. The third kappa shape index (κ3) is 4.12. The lowest BCUT2D eigenvalue weighted by atomic mass is 10.3. The lowest BCUT2D eigenvalue weighted by Crippen LogP contribution is -2.07. The molecule has 138 valence electrons. The highest BCUT2D eigenvalue weighted by molar-refractivity contribution is 5.66. The van der Waals surface area contributed by atoms with Crippen molar-refractivity contribution < 1.29 is 14.2 Å². The van der Waals surface area contributed by atoms with Crippen molar-refractivity contribution in [2.24, 2.45) is 0 Å². The summed E-state index contributed by atoms with van der Waals surface area (Å²) in [5, 5.41) is 10.9. The SMILES string of the molecule is COCCCNc1nccn2nc(Nc3cc(OC)cc(OC)c3)nc12. The van der Waals surface area contributed by atoms with Gasteiger partial charge >= 0.3 is 0 Å². The molecule has 0 saturated carbocycles. The number of nitrogens with one attached hydrogen (secondary N) is 2. The van der Waals surface area contributed by atoms with Gasteiger partial charge in [-0.25, -0.2) is 9.50 Å². The highest BCUT2D eigenvalue weighted by atomic mass is 16.5. The van der Waals surface area contributed by atoms with E-state index in [0.29, 0.717) is 35.5 Å². The molecule has 26 heavy (non-hydrogen) atoms. The smallest absolute Gasteiger partial charge is 0.247 e. The van der Waals surface area contributed by atoms with Crippen molar-refractivity contribution in [2.75, 3.05) is 45.1 Å². The summed E-state index contributed by atoms with van der Waals surface area (Å²) in [4.78, 5) is 8.86. The molecule has 0 spiro atoms. The van der Waals surface area contributed by atoms with Crippen LogP contribution in [0.15, 0.2) is 30.6 Å². The summed E-state index contributed by atoms with van der Waals surface area (Å²) in [6.07, 6.45) is 4.31. The van der Waals surface area contributed by atoms with Gasteiger partial charge < -0.3 is 24.8 Å². The Morgan fingerprint density at radius 2 is 1.85 bits per heavy atom. The second-order valence-electron chi connectivity index (χ2n) is 5.48. The first-order valence-corrected chi connectivity index (χ1v) is 8.18. The van der Waals surface area contributed by atoms with Crippen LogP contribution in [0.2, 0.25) is 0 Å². The molecule has 2 N–H and O–H groups in total. The van der Waals surface area contributed by atoms with Crippen LogP contribution in [0.25, 0.3) is 5.65 Å². The molecule has 0 atom stereocenters. The van der Waals surface area contributed by atoms with Gasteiger partial charge in [-0.2, -0.15) is 4.98 Å². The van der Waals surface area contributed by atoms with Crippen LogP contribution >= 0.6 is 0 Å². The largest absolute Gasteiger partial charge is 0.497 e. The Bertz CT molecular complexity index is 845. The minimum absolute atomic E-state index is 0.452. The first-order valence-electron chi connectivity index (χ1n) is 8.18. The molecule has 2 aromatic heterocycles. The van der Waals surface area contributed by atoms with Crippen molar-refractivity contribution in [2.45, 2.75) is 6.42 Å². The number of nitrogens with zero attached hydrogens (tertiary/aromatic N) is 4. The van der Waals surface area contributed by atoms with Crippen LogP contribution in [0.5, 0.6) is 11.5 Å². The van der Waals surface area contributed by atoms with E-state index in [1.165, 1.54) is 0 Å². The Morgan fingerprint density at radius 1 is 1.08 bits per heavy atom. The maximum absolute atomic E-state index is 5.28. The summed E-state index contributed by atoms with van der Waals surface area (Å²) in [5.41, 5.74) is 1.40.